The molecule has 2 aromatic rings. The van der Waals surface area contributed by atoms with E-state index in [4.69, 9.17) is 0 Å². The van der Waals surface area contributed by atoms with Gasteiger partial charge in [0.1, 0.15) is 11.5 Å². The Balaban J connectivity index is 2.15. The predicted molar refractivity (Wildman–Crippen MR) is 73.7 cm³/mol. The van der Waals surface area contributed by atoms with Crippen molar-refractivity contribution in [2.45, 2.75) is 6.92 Å². The van der Waals surface area contributed by atoms with Gasteiger partial charge in [-0.2, -0.15) is 5.10 Å². The van der Waals surface area contributed by atoms with Crippen LogP contribution in [0, 0.1) is 0 Å². The average molecular weight is 271 g/mol. The highest BCUT2D eigenvalue weighted by Crippen LogP contribution is 2.22. The van der Waals surface area contributed by atoms with E-state index in [0.717, 1.165) is 0 Å². The molecule has 6 heteroatoms. The zero-order valence-corrected chi connectivity index (χ0v) is 10.7. The number of carbonyl (C=O) groups is 1. The summed E-state index contributed by atoms with van der Waals surface area (Å²) < 4.78 is 0. The molecule has 6 nitrogen and oxygen atoms in total. The van der Waals surface area contributed by atoms with Crippen molar-refractivity contribution in [3.8, 4) is 11.5 Å². The van der Waals surface area contributed by atoms with E-state index in [2.05, 4.69) is 15.5 Å². The van der Waals surface area contributed by atoms with E-state index in [0.29, 0.717) is 16.8 Å². The van der Waals surface area contributed by atoms with Crippen molar-refractivity contribution >= 4 is 11.6 Å². The summed E-state index contributed by atoms with van der Waals surface area (Å²) in [6.07, 6.45) is 2.99. The Morgan fingerprint density at radius 1 is 1.30 bits per heavy atom. The van der Waals surface area contributed by atoms with Crippen LogP contribution < -0.4 is 5.43 Å². The first kappa shape index (κ1) is 13.5. The van der Waals surface area contributed by atoms with Crippen molar-refractivity contribution in [1.82, 2.24) is 10.4 Å². The van der Waals surface area contributed by atoms with Crippen molar-refractivity contribution in [3.05, 3.63) is 53.9 Å². The van der Waals surface area contributed by atoms with Gasteiger partial charge in [0.15, 0.2) is 0 Å². The Morgan fingerprint density at radius 2 is 2.10 bits per heavy atom. The van der Waals surface area contributed by atoms with Gasteiger partial charge in [-0.25, -0.2) is 5.43 Å². The van der Waals surface area contributed by atoms with Gasteiger partial charge >= 0.3 is 0 Å². The topological polar surface area (TPSA) is 94.8 Å². The molecular weight excluding hydrogens is 258 g/mol. The Kier molecular flexibility index (Phi) is 3.95. The predicted octanol–water partition coefficient (Wildman–Crippen LogP) is 1.65. The van der Waals surface area contributed by atoms with Crippen molar-refractivity contribution in [2.75, 3.05) is 0 Å². The first-order valence-corrected chi connectivity index (χ1v) is 5.85. The molecule has 0 bridgehead atoms. The van der Waals surface area contributed by atoms with Gasteiger partial charge in [-0.1, -0.05) is 0 Å². The summed E-state index contributed by atoms with van der Waals surface area (Å²) in [4.78, 5) is 15.6. The lowest BCUT2D eigenvalue weighted by Gasteiger charge is -2.05. The third-order valence-electron chi connectivity index (χ3n) is 2.62. The number of amides is 1. The Hall–Kier alpha value is -2.89. The molecule has 1 heterocycles. The van der Waals surface area contributed by atoms with Gasteiger partial charge in [0.2, 0.25) is 0 Å². The molecule has 0 spiro atoms. The number of aromatic hydroxyl groups is 2. The largest absolute Gasteiger partial charge is 0.508 e. The summed E-state index contributed by atoms with van der Waals surface area (Å²) in [7, 11) is 0. The fraction of sp³-hybridized carbons (Fsp3) is 0.0714. The van der Waals surface area contributed by atoms with Crippen LogP contribution in [0.1, 0.15) is 22.8 Å². The second kappa shape index (κ2) is 5.83. The minimum atomic E-state index is -0.405. The molecule has 0 aliphatic rings. The van der Waals surface area contributed by atoms with E-state index in [1.807, 2.05) is 0 Å². The lowest BCUT2D eigenvalue weighted by atomic mass is 10.1. The fourth-order valence-electron chi connectivity index (χ4n) is 1.57. The number of aromatic nitrogens is 1. The van der Waals surface area contributed by atoms with Crippen molar-refractivity contribution in [2.24, 2.45) is 5.10 Å². The van der Waals surface area contributed by atoms with E-state index in [1.54, 1.807) is 25.3 Å². The van der Waals surface area contributed by atoms with Crippen molar-refractivity contribution < 1.29 is 15.0 Å². The number of hydrogen-bond donors (Lipinski definition) is 3. The van der Waals surface area contributed by atoms with E-state index < -0.39 is 5.91 Å². The van der Waals surface area contributed by atoms with Crippen molar-refractivity contribution in [3.63, 3.8) is 0 Å². The Morgan fingerprint density at radius 3 is 2.80 bits per heavy atom. The maximum absolute atomic E-state index is 11.8. The van der Waals surface area contributed by atoms with Crippen LogP contribution in [-0.2, 0) is 0 Å². The number of rotatable bonds is 3. The standard InChI is InChI=1S/C14H13N3O3/c1-9(12-7-11(18)4-5-13(12)19)16-17-14(20)10-3-2-6-15-8-10/h2-8,18-19H,1H3,(H,17,20)/b16-9+. The van der Waals surface area contributed by atoms with Crippen LogP contribution in [-0.4, -0.2) is 26.8 Å². The molecule has 1 aromatic carbocycles. The number of nitrogens with one attached hydrogen (secondary N) is 1. The SMILES string of the molecule is C/C(=N\NC(=O)c1cccnc1)c1cc(O)ccc1O. The summed E-state index contributed by atoms with van der Waals surface area (Å²) >= 11 is 0. The van der Waals surface area contributed by atoms with Crippen LogP contribution >= 0.6 is 0 Å². The summed E-state index contributed by atoms with van der Waals surface area (Å²) in [5.74, 6) is -0.428. The quantitative estimate of drug-likeness (QED) is 0.449. The van der Waals surface area contributed by atoms with Gasteiger partial charge in [-0.05, 0) is 37.3 Å². The van der Waals surface area contributed by atoms with Crippen LogP contribution in [0.2, 0.25) is 0 Å². The number of hydrogen-bond acceptors (Lipinski definition) is 5. The van der Waals surface area contributed by atoms with Gasteiger partial charge in [-0.3, -0.25) is 9.78 Å². The highest BCUT2D eigenvalue weighted by molar-refractivity contribution is 6.02. The average Bonchev–Trinajstić information content (AvgIpc) is 2.47. The smallest absolute Gasteiger partial charge is 0.272 e. The fourth-order valence-corrected chi connectivity index (χ4v) is 1.57. The maximum Gasteiger partial charge on any atom is 0.272 e. The van der Waals surface area contributed by atoms with E-state index in [1.165, 1.54) is 24.4 Å². The highest BCUT2D eigenvalue weighted by atomic mass is 16.3. The lowest BCUT2D eigenvalue weighted by molar-refractivity contribution is 0.0954. The minimum Gasteiger partial charge on any atom is -0.508 e. The molecule has 1 amide bonds. The zero-order chi connectivity index (χ0) is 14.5. The normalized spacial score (nSPS) is 11.2. The number of hydrazone groups is 1. The molecule has 1 aromatic heterocycles. The number of phenols is 2. The third kappa shape index (κ3) is 3.11. The maximum atomic E-state index is 11.8. The van der Waals surface area contributed by atoms with Crippen LogP contribution in [0.3, 0.4) is 0 Å². The molecule has 3 N–H and O–H groups in total. The molecule has 0 saturated carbocycles. The molecule has 20 heavy (non-hydrogen) atoms. The second-order valence-electron chi connectivity index (χ2n) is 4.08. The molecular formula is C14H13N3O3. The van der Waals surface area contributed by atoms with Gasteiger partial charge in [0.25, 0.3) is 5.91 Å². The monoisotopic (exact) mass is 271 g/mol. The molecule has 0 radical (unpaired) electrons. The van der Waals surface area contributed by atoms with Crippen molar-refractivity contribution in [1.29, 1.82) is 0 Å². The van der Waals surface area contributed by atoms with Gasteiger partial charge in [-0.15, -0.1) is 0 Å². The molecule has 0 unspecified atom stereocenters. The van der Waals surface area contributed by atoms with Crippen LogP contribution in [0.4, 0.5) is 0 Å². The third-order valence-corrected chi connectivity index (χ3v) is 2.62. The van der Waals surface area contributed by atoms with Gasteiger partial charge < -0.3 is 10.2 Å². The lowest BCUT2D eigenvalue weighted by Crippen LogP contribution is -2.19. The Labute approximate surface area is 115 Å². The second-order valence-corrected chi connectivity index (χ2v) is 4.08. The highest BCUT2D eigenvalue weighted by Gasteiger charge is 2.08. The van der Waals surface area contributed by atoms with Crippen LogP contribution in [0.25, 0.3) is 0 Å². The molecule has 2 rings (SSSR count). The van der Waals surface area contributed by atoms with E-state index in [-0.39, 0.29) is 11.5 Å². The minimum absolute atomic E-state index is 0.00550. The number of benzene rings is 1. The number of carbonyl (C=O) groups excluding carboxylic acids is 1. The molecule has 0 saturated heterocycles. The first-order chi connectivity index (χ1) is 9.58. The first-order valence-electron chi connectivity index (χ1n) is 5.85. The molecule has 0 aliphatic carbocycles. The number of pyridine rings is 1. The molecule has 0 fully saturated rings. The molecule has 0 aliphatic heterocycles. The Bertz CT molecular complexity index is 654. The van der Waals surface area contributed by atoms with Gasteiger partial charge in [0.05, 0.1) is 11.3 Å². The summed E-state index contributed by atoms with van der Waals surface area (Å²) in [5.41, 5.74) is 3.45. The summed E-state index contributed by atoms with van der Waals surface area (Å²) in [6, 6.07) is 7.34. The van der Waals surface area contributed by atoms with E-state index >= 15 is 0 Å². The van der Waals surface area contributed by atoms with E-state index in [9.17, 15) is 15.0 Å². The van der Waals surface area contributed by atoms with Gasteiger partial charge in [0, 0.05) is 18.0 Å². The van der Waals surface area contributed by atoms with Crippen LogP contribution in [0.15, 0.2) is 47.8 Å². The molecule has 102 valence electrons. The summed E-state index contributed by atoms with van der Waals surface area (Å²) in [6.45, 7) is 1.61. The number of nitrogens with zero attached hydrogens (tertiary/aromatic N) is 2. The zero-order valence-electron chi connectivity index (χ0n) is 10.7. The number of phenolic OH excluding ortho intramolecular Hbond substituents is 2. The summed E-state index contributed by atoms with van der Waals surface area (Å²) in [5, 5.41) is 22.9. The van der Waals surface area contributed by atoms with Crippen LogP contribution in [0.5, 0.6) is 11.5 Å². The molecule has 0 atom stereocenters.